The topological polar surface area (TPSA) is 101 Å². The van der Waals surface area contributed by atoms with Crippen LogP contribution in [0.5, 0.6) is 0 Å². The monoisotopic (exact) mass is 374 g/mol. The number of Topliss-reactive ketones (excluding diaryl/α,β-unsaturated/α-hetero) is 1. The van der Waals surface area contributed by atoms with Crippen molar-refractivity contribution in [2.24, 2.45) is 0 Å². The Morgan fingerprint density at radius 2 is 2.08 bits per heavy atom. The number of H-pyrrole nitrogens is 1. The molecule has 0 spiro atoms. The molecule has 3 N–H and O–H groups in total. The van der Waals surface area contributed by atoms with Gasteiger partial charge in [-0.05, 0) is 30.7 Å². The summed E-state index contributed by atoms with van der Waals surface area (Å²) in [6, 6.07) is 7.92. The highest BCUT2D eigenvalue weighted by molar-refractivity contribution is 7.99. The Morgan fingerprint density at radius 1 is 1.31 bits per heavy atom. The van der Waals surface area contributed by atoms with Crippen molar-refractivity contribution in [3.05, 3.63) is 50.7 Å². The second-order valence-electron chi connectivity index (χ2n) is 6.19. The molecule has 2 heterocycles. The van der Waals surface area contributed by atoms with Gasteiger partial charge in [0.1, 0.15) is 11.4 Å². The number of aromatic amines is 1. The van der Waals surface area contributed by atoms with E-state index in [0.717, 1.165) is 29.3 Å². The van der Waals surface area contributed by atoms with Crippen LogP contribution in [0.25, 0.3) is 0 Å². The summed E-state index contributed by atoms with van der Waals surface area (Å²) in [4.78, 5) is 42.3. The summed E-state index contributed by atoms with van der Waals surface area (Å²) in [6.45, 7) is 3.02. The maximum absolute atomic E-state index is 12.9. The van der Waals surface area contributed by atoms with E-state index in [9.17, 15) is 14.4 Å². The minimum atomic E-state index is -0.720. The van der Waals surface area contributed by atoms with Crippen LogP contribution in [0.3, 0.4) is 0 Å². The molecule has 0 aliphatic carbocycles. The fourth-order valence-electron chi connectivity index (χ4n) is 3.12. The lowest BCUT2D eigenvalue weighted by molar-refractivity contribution is 0.0997. The molecule has 0 amide bonds. The number of thioether (sulfide) groups is 1. The second kappa shape index (κ2) is 7.82. The van der Waals surface area contributed by atoms with Crippen molar-refractivity contribution in [1.29, 1.82) is 0 Å². The first kappa shape index (κ1) is 18.3. The maximum atomic E-state index is 12.9. The summed E-state index contributed by atoms with van der Waals surface area (Å²) in [5, 5.41) is 0. The van der Waals surface area contributed by atoms with Crippen molar-refractivity contribution >= 4 is 29.1 Å². The first-order valence-electron chi connectivity index (χ1n) is 8.65. The normalized spacial score (nSPS) is 14.0. The van der Waals surface area contributed by atoms with Gasteiger partial charge in [0.15, 0.2) is 5.78 Å². The number of hydrogen-bond donors (Lipinski definition) is 2. The summed E-state index contributed by atoms with van der Waals surface area (Å²) < 4.78 is 1.25. The lowest BCUT2D eigenvalue weighted by atomic mass is 10.1. The van der Waals surface area contributed by atoms with Crippen LogP contribution in [0.2, 0.25) is 0 Å². The van der Waals surface area contributed by atoms with Crippen LogP contribution in [0.1, 0.15) is 30.1 Å². The fraction of sp³-hybridized carbons (Fsp3) is 0.389. The van der Waals surface area contributed by atoms with E-state index in [0.29, 0.717) is 13.0 Å². The van der Waals surface area contributed by atoms with Gasteiger partial charge in [0.2, 0.25) is 0 Å². The number of rotatable bonds is 5. The highest BCUT2D eigenvalue weighted by Gasteiger charge is 2.23. The van der Waals surface area contributed by atoms with E-state index >= 15 is 0 Å². The Hall–Kier alpha value is -2.48. The average Bonchev–Trinajstić information content (AvgIpc) is 2.81. The number of ketones is 1. The number of nitrogen functional groups attached to an aromatic ring is 1. The van der Waals surface area contributed by atoms with Gasteiger partial charge in [-0.15, -0.1) is 11.8 Å². The van der Waals surface area contributed by atoms with Crippen LogP contribution in [-0.4, -0.2) is 34.2 Å². The van der Waals surface area contributed by atoms with Crippen LogP contribution in [0.15, 0.2) is 38.8 Å². The van der Waals surface area contributed by atoms with Crippen molar-refractivity contribution < 1.29 is 4.79 Å². The molecule has 0 unspecified atom stereocenters. The van der Waals surface area contributed by atoms with Gasteiger partial charge in [0.25, 0.3) is 5.56 Å². The van der Waals surface area contributed by atoms with Gasteiger partial charge in [-0.25, -0.2) is 4.79 Å². The zero-order valence-electron chi connectivity index (χ0n) is 14.7. The Kier molecular flexibility index (Phi) is 5.51. The van der Waals surface area contributed by atoms with Gasteiger partial charge in [-0.3, -0.25) is 19.1 Å². The number of nitrogens with two attached hydrogens (primary N) is 1. The molecule has 0 bridgehead atoms. The summed E-state index contributed by atoms with van der Waals surface area (Å²) in [5.41, 5.74) is 5.56. The van der Waals surface area contributed by atoms with Crippen LogP contribution in [0.4, 0.5) is 11.5 Å². The number of aromatic nitrogens is 2. The molecule has 0 saturated heterocycles. The molecular weight excluding hydrogens is 352 g/mol. The number of nitrogens with zero attached hydrogens (tertiary/aromatic N) is 2. The molecule has 1 aromatic heterocycles. The molecule has 1 aromatic carbocycles. The fourth-order valence-corrected chi connectivity index (χ4v) is 4.13. The summed E-state index contributed by atoms with van der Waals surface area (Å²) in [7, 11) is 0. The number of anilines is 2. The van der Waals surface area contributed by atoms with E-state index in [1.807, 2.05) is 36.1 Å². The molecule has 7 nitrogen and oxygen atoms in total. The average molecular weight is 374 g/mol. The van der Waals surface area contributed by atoms with Crippen molar-refractivity contribution in [2.75, 3.05) is 29.5 Å². The molecule has 2 aromatic rings. The highest BCUT2D eigenvalue weighted by atomic mass is 32.2. The largest absolute Gasteiger partial charge is 0.384 e. The summed E-state index contributed by atoms with van der Waals surface area (Å²) in [6.07, 6.45) is 1.61. The molecule has 0 atom stereocenters. The lowest BCUT2D eigenvalue weighted by Gasteiger charge is -2.24. The standard InChI is InChI=1S/C18H22N4O3S/c1-2-8-22-16(19)15(17(24)20-18(22)25)13(23)11-21-9-5-10-26-14-7-4-3-6-12(14)21/h3-4,6-7H,2,5,8-11,19H2,1H3,(H,20,24,25). The molecule has 3 rings (SSSR count). The number of nitrogens with one attached hydrogen (secondary N) is 1. The van der Waals surface area contributed by atoms with Crippen LogP contribution >= 0.6 is 11.8 Å². The smallest absolute Gasteiger partial charge is 0.329 e. The third-order valence-electron chi connectivity index (χ3n) is 4.34. The van der Waals surface area contributed by atoms with Gasteiger partial charge in [0.05, 0.1) is 12.2 Å². The molecule has 0 saturated carbocycles. The molecule has 0 fully saturated rings. The molecule has 0 radical (unpaired) electrons. The van der Waals surface area contributed by atoms with Crippen molar-refractivity contribution in [3.63, 3.8) is 0 Å². The van der Waals surface area contributed by atoms with Gasteiger partial charge >= 0.3 is 5.69 Å². The van der Waals surface area contributed by atoms with Crippen LogP contribution in [0, 0.1) is 0 Å². The number of carbonyl (C=O) groups is 1. The second-order valence-corrected chi connectivity index (χ2v) is 7.32. The van der Waals surface area contributed by atoms with Gasteiger partial charge in [-0.2, -0.15) is 0 Å². The van der Waals surface area contributed by atoms with Crippen LogP contribution in [-0.2, 0) is 6.54 Å². The Morgan fingerprint density at radius 3 is 2.85 bits per heavy atom. The number of carbonyl (C=O) groups excluding carboxylic acids is 1. The van der Waals surface area contributed by atoms with Gasteiger partial charge in [0, 0.05) is 18.0 Å². The molecule has 8 heteroatoms. The summed E-state index contributed by atoms with van der Waals surface area (Å²) >= 11 is 1.76. The quantitative estimate of drug-likeness (QED) is 0.773. The lowest BCUT2D eigenvalue weighted by Crippen LogP contribution is -2.39. The van der Waals surface area contributed by atoms with Crippen LogP contribution < -0.4 is 21.9 Å². The molecule has 1 aliphatic heterocycles. The Labute approximate surface area is 155 Å². The Balaban J connectivity index is 1.95. The first-order valence-corrected chi connectivity index (χ1v) is 9.64. The van der Waals surface area contributed by atoms with Crippen molar-refractivity contribution in [1.82, 2.24) is 9.55 Å². The first-order chi connectivity index (χ1) is 12.5. The third kappa shape index (κ3) is 3.55. The van der Waals surface area contributed by atoms with Crippen molar-refractivity contribution in [2.45, 2.75) is 31.2 Å². The van der Waals surface area contributed by atoms with Crippen molar-refractivity contribution in [3.8, 4) is 0 Å². The van der Waals surface area contributed by atoms with E-state index in [4.69, 9.17) is 5.73 Å². The number of benzene rings is 1. The molecule has 26 heavy (non-hydrogen) atoms. The number of hydrogen-bond acceptors (Lipinski definition) is 6. The van der Waals surface area contributed by atoms with Gasteiger partial charge in [-0.1, -0.05) is 19.1 Å². The van der Waals surface area contributed by atoms with E-state index < -0.39 is 11.2 Å². The predicted molar refractivity (Wildman–Crippen MR) is 104 cm³/mol. The summed E-state index contributed by atoms with van der Waals surface area (Å²) in [5.74, 6) is 0.546. The van der Waals surface area contributed by atoms with E-state index in [1.165, 1.54) is 4.57 Å². The minimum absolute atomic E-state index is 0.0508. The highest BCUT2D eigenvalue weighted by Crippen LogP contribution is 2.33. The predicted octanol–water partition coefficient (Wildman–Crippen LogP) is 1.71. The zero-order chi connectivity index (χ0) is 18.7. The third-order valence-corrected chi connectivity index (χ3v) is 5.49. The molecule has 138 valence electrons. The number of para-hydroxylation sites is 1. The van der Waals surface area contributed by atoms with E-state index in [-0.39, 0.29) is 23.7 Å². The molecule has 1 aliphatic rings. The zero-order valence-corrected chi connectivity index (χ0v) is 15.5. The van der Waals surface area contributed by atoms with E-state index in [1.54, 1.807) is 11.8 Å². The van der Waals surface area contributed by atoms with Gasteiger partial charge < -0.3 is 10.6 Å². The minimum Gasteiger partial charge on any atom is -0.384 e. The SMILES string of the molecule is CCCn1c(N)c(C(=O)CN2CCCSc3ccccc32)c(=O)[nH]c1=O. The maximum Gasteiger partial charge on any atom is 0.329 e. The number of fused-ring (bicyclic) bond motifs is 1. The molecular formula is C18H22N4O3S. The Bertz CT molecular complexity index is 935. The van der Waals surface area contributed by atoms with E-state index in [2.05, 4.69) is 4.98 Å².